The van der Waals surface area contributed by atoms with E-state index in [1.807, 2.05) is 11.6 Å². The molecule has 3 heteroatoms. The van der Waals surface area contributed by atoms with E-state index >= 15 is 0 Å². The quantitative estimate of drug-likeness (QED) is 0.814. The summed E-state index contributed by atoms with van der Waals surface area (Å²) in [5.74, 6) is 0. The molecule has 1 aromatic rings. The molecule has 0 bridgehead atoms. The number of nitrogens with two attached hydrogens (primary N) is 1. The molecule has 0 fully saturated rings. The molecule has 15 heavy (non-hydrogen) atoms. The smallest absolute Gasteiger partial charge is 0.0681 e. The Morgan fingerprint density at radius 1 is 1.27 bits per heavy atom. The van der Waals surface area contributed by atoms with E-state index in [9.17, 15) is 0 Å². The van der Waals surface area contributed by atoms with Crippen molar-refractivity contribution >= 4 is 0 Å². The van der Waals surface area contributed by atoms with E-state index < -0.39 is 0 Å². The second kappa shape index (κ2) is 3.97. The summed E-state index contributed by atoms with van der Waals surface area (Å²) in [4.78, 5) is 0. The van der Waals surface area contributed by atoms with Crippen molar-refractivity contribution in [1.82, 2.24) is 9.78 Å². The summed E-state index contributed by atoms with van der Waals surface area (Å²) in [6.07, 6.45) is 0. The maximum atomic E-state index is 5.95. The standard InChI is InChI=1S/C12H23N3/c1-8(2)15-10(9(3)13)7-11(14-15)12(4,5)6/h7-9H,13H2,1-6H3. The fourth-order valence-corrected chi connectivity index (χ4v) is 1.53. The highest BCUT2D eigenvalue weighted by molar-refractivity contribution is 5.20. The molecule has 0 spiro atoms. The molecule has 1 heterocycles. The molecular weight excluding hydrogens is 186 g/mol. The van der Waals surface area contributed by atoms with Crippen LogP contribution in [0.15, 0.2) is 6.07 Å². The molecule has 3 nitrogen and oxygen atoms in total. The predicted octanol–water partition coefficient (Wildman–Crippen LogP) is 2.78. The maximum absolute atomic E-state index is 5.95. The second-order valence-electron chi connectivity index (χ2n) is 5.53. The summed E-state index contributed by atoms with van der Waals surface area (Å²) in [5.41, 5.74) is 8.27. The van der Waals surface area contributed by atoms with Crippen molar-refractivity contribution in [1.29, 1.82) is 0 Å². The number of rotatable bonds is 2. The molecule has 0 aromatic carbocycles. The van der Waals surface area contributed by atoms with Gasteiger partial charge in [0, 0.05) is 17.5 Å². The van der Waals surface area contributed by atoms with Gasteiger partial charge in [0.05, 0.1) is 11.4 Å². The summed E-state index contributed by atoms with van der Waals surface area (Å²) in [6.45, 7) is 12.8. The average molecular weight is 209 g/mol. The lowest BCUT2D eigenvalue weighted by atomic mass is 9.92. The zero-order valence-corrected chi connectivity index (χ0v) is 10.7. The lowest BCUT2D eigenvalue weighted by Gasteiger charge is -2.15. The van der Waals surface area contributed by atoms with E-state index in [0.29, 0.717) is 6.04 Å². The van der Waals surface area contributed by atoms with Crippen LogP contribution in [0, 0.1) is 0 Å². The van der Waals surface area contributed by atoms with Gasteiger partial charge in [0.25, 0.3) is 0 Å². The van der Waals surface area contributed by atoms with Gasteiger partial charge in [-0.25, -0.2) is 0 Å². The van der Waals surface area contributed by atoms with Gasteiger partial charge < -0.3 is 5.73 Å². The lowest BCUT2D eigenvalue weighted by molar-refractivity contribution is 0.472. The van der Waals surface area contributed by atoms with Gasteiger partial charge in [0.1, 0.15) is 0 Å². The summed E-state index contributed by atoms with van der Waals surface area (Å²) in [6, 6.07) is 2.53. The molecule has 2 N–H and O–H groups in total. The van der Waals surface area contributed by atoms with E-state index in [1.54, 1.807) is 0 Å². The van der Waals surface area contributed by atoms with Gasteiger partial charge in [-0.3, -0.25) is 4.68 Å². The van der Waals surface area contributed by atoms with Crippen LogP contribution in [0.2, 0.25) is 0 Å². The lowest BCUT2D eigenvalue weighted by Crippen LogP contribution is -2.15. The Morgan fingerprint density at radius 2 is 1.80 bits per heavy atom. The molecule has 0 amide bonds. The molecular formula is C12H23N3. The Hall–Kier alpha value is -0.830. The van der Waals surface area contributed by atoms with Crippen LogP contribution in [-0.2, 0) is 5.41 Å². The van der Waals surface area contributed by atoms with Gasteiger partial charge in [-0.1, -0.05) is 20.8 Å². The number of aromatic nitrogens is 2. The van der Waals surface area contributed by atoms with Crippen molar-refractivity contribution in [2.24, 2.45) is 5.73 Å². The minimum Gasteiger partial charge on any atom is -0.323 e. The van der Waals surface area contributed by atoms with E-state index in [-0.39, 0.29) is 11.5 Å². The topological polar surface area (TPSA) is 43.8 Å². The molecule has 86 valence electrons. The number of nitrogens with zero attached hydrogens (tertiary/aromatic N) is 2. The van der Waals surface area contributed by atoms with Crippen LogP contribution in [0.3, 0.4) is 0 Å². The van der Waals surface area contributed by atoms with Crippen LogP contribution in [0.5, 0.6) is 0 Å². The van der Waals surface area contributed by atoms with Gasteiger partial charge in [-0.15, -0.1) is 0 Å². The normalized spacial score (nSPS) is 14.7. The third-order valence-electron chi connectivity index (χ3n) is 2.49. The van der Waals surface area contributed by atoms with Crippen LogP contribution in [0.4, 0.5) is 0 Å². The molecule has 0 radical (unpaired) electrons. The molecule has 0 saturated carbocycles. The first kappa shape index (κ1) is 12.2. The van der Waals surface area contributed by atoms with Crippen LogP contribution >= 0.6 is 0 Å². The number of hydrogen-bond donors (Lipinski definition) is 1. The summed E-state index contributed by atoms with van der Waals surface area (Å²) in [5, 5.41) is 4.64. The minimum atomic E-state index is 0.0380. The molecule has 0 aliphatic heterocycles. The van der Waals surface area contributed by atoms with E-state index in [4.69, 9.17) is 5.73 Å². The average Bonchev–Trinajstić information content (AvgIpc) is 2.45. The van der Waals surface area contributed by atoms with Gasteiger partial charge in [-0.2, -0.15) is 5.10 Å². The fourth-order valence-electron chi connectivity index (χ4n) is 1.53. The molecule has 1 rings (SSSR count). The summed E-state index contributed by atoms with van der Waals surface area (Å²) < 4.78 is 2.03. The van der Waals surface area contributed by atoms with Gasteiger partial charge in [0.2, 0.25) is 0 Å². The Labute approximate surface area is 92.7 Å². The highest BCUT2D eigenvalue weighted by atomic mass is 15.3. The van der Waals surface area contributed by atoms with Crippen LogP contribution in [0.25, 0.3) is 0 Å². The van der Waals surface area contributed by atoms with Gasteiger partial charge >= 0.3 is 0 Å². The first-order valence-corrected chi connectivity index (χ1v) is 5.59. The van der Waals surface area contributed by atoms with E-state index in [0.717, 1.165) is 11.4 Å². The largest absolute Gasteiger partial charge is 0.323 e. The summed E-state index contributed by atoms with van der Waals surface area (Å²) >= 11 is 0. The van der Waals surface area contributed by atoms with Crippen LogP contribution in [0.1, 0.15) is 65.0 Å². The SMILES string of the molecule is CC(N)c1cc(C(C)(C)C)nn1C(C)C. The van der Waals surface area contributed by atoms with Crippen molar-refractivity contribution in [3.63, 3.8) is 0 Å². The van der Waals surface area contributed by atoms with Crippen LogP contribution < -0.4 is 5.73 Å². The third kappa shape index (κ3) is 2.59. The molecule has 0 aliphatic rings. The van der Waals surface area contributed by atoms with Crippen molar-refractivity contribution in [2.75, 3.05) is 0 Å². The molecule has 1 aromatic heterocycles. The molecule has 0 aliphatic carbocycles. The highest BCUT2D eigenvalue weighted by Gasteiger charge is 2.21. The first-order chi connectivity index (χ1) is 6.73. The zero-order valence-electron chi connectivity index (χ0n) is 10.7. The third-order valence-corrected chi connectivity index (χ3v) is 2.49. The first-order valence-electron chi connectivity index (χ1n) is 5.59. The van der Waals surface area contributed by atoms with Crippen molar-refractivity contribution in [3.05, 3.63) is 17.5 Å². The number of hydrogen-bond acceptors (Lipinski definition) is 2. The Balaban J connectivity index is 3.21. The minimum absolute atomic E-state index is 0.0380. The Kier molecular flexibility index (Phi) is 3.24. The zero-order chi connectivity index (χ0) is 11.8. The van der Waals surface area contributed by atoms with Crippen molar-refractivity contribution in [3.8, 4) is 0 Å². The van der Waals surface area contributed by atoms with E-state index in [2.05, 4.69) is 45.8 Å². The predicted molar refractivity (Wildman–Crippen MR) is 63.9 cm³/mol. The van der Waals surface area contributed by atoms with Crippen molar-refractivity contribution < 1.29 is 0 Å². The Morgan fingerprint density at radius 3 is 2.07 bits per heavy atom. The van der Waals surface area contributed by atoms with Gasteiger partial charge in [0.15, 0.2) is 0 Å². The van der Waals surface area contributed by atoms with Crippen LogP contribution in [-0.4, -0.2) is 9.78 Å². The molecule has 1 unspecified atom stereocenters. The monoisotopic (exact) mass is 209 g/mol. The van der Waals surface area contributed by atoms with E-state index in [1.165, 1.54) is 0 Å². The maximum Gasteiger partial charge on any atom is 0.0681 e. The fraction of sp³-hybridized carbons (Fsp3) is 0.750. The summed E-state index contributed by atoms with van der Waals surface area (Å²) in [7, 11) is 0. The van der Waals surface area contributed by atoms with Crippen molar-refractivity contribution in [2.45, 2.75) is 59.0 Å². The second-order valence-corrected chi connectivity index (χ2v) is 5.53. The molecule has 1 atom stereocenters. The van der Waals surface area contributed by atoms with Gasteiger partial charge in [-0.05, 0) is 26.8 Å². The highest BCUT2D eigenvalue weighted by Crippen LogP contribution is 2.25. The molecule has 0 saturated heterocycles. The Bertz CT molecular complexity index is 304.